The van der Waals surface area contributed by atoms with Gasteiger partial charge in [-0.05, 0) is 82.6 Å². The number of unbranched alkanes of at least 4 members (excludes halogenated alkanes) is 1. The van der Waals surface area contributed by atoms with E-state index in [0.29, 0.717) is 42.7 Å². The molecule has 0 bridgehead atoms. The number of carbonyl (C=O) groups excluding carboxylic acids is 1. The lowest BCUT2D eigenvalue weighted by Gasteiger charge is -2.32. The lowest BCUT2D eigenvalue weighted by atomic mass is 9.89. The van der Waals surface area contributed by atoms with Crippen LogP contribution in [0.3, 0.4) is 0 Å². The number of ketones is 1. The molecule has 6 nitrogen and oxygen atoms in total. The molecular formula is C46H93N5O. The summed E-state index contributed by atoms with van der Waals surface area (Å²) in [6.45, 7) is 53.0. The molecule has 0 aliphatic rings. The summed E-state index contributed by atoms with van der Waals surface area (Å²) >= 11 is 0. The summed E-state index contributed by atoms with van der Waals surface area (Å²) in [5.41, 5.74) is 5.49. The van der Waals surface area contributed by atoms with Crippen molar-refractivity contribution < 1.29 is 4.79 Å². The van der Waals surface area contributed by atoms with Gasteiger partial charge < -0.3 is 16.0 Å². The van der Waals surface area contributed by atoms with Crippen LogP contribution in [0.2, 0.25) is 0 Å². The number of aromatic nitrogens is 2. The molecule has 0 aromatic carbocycles. The van der Waals surface area contributed by atoms with Crippen molar-refractivity contribution >= 4 is 5.78 Å². The largest absolute Gasteiger partial charge is 0.387 e. The topological polar surface area (TPSA) is 71.0 Å². The van der Waals surface area contributed by atoms with Crippen LogP contribution < -0.4 is 16.0 Å². The molecule has 0 fully saturated rings. The quantitative estimate of drug-likeness (QED) is 0.0978. The predicted molar refractivity (Wildman–Crippen MR) is 236 cm³/mol. The van der Waals surface area contributed by atoms with E-state index in [9.17, 15) is 4.79 Å². The molecule has 0 radical (unpaired) electrons. The third kappa shape index (κ3) is 29.0. The number of Topliss-reactive ketones (excluding diaryl/α,β-unsaturated/α-hetero) is 1. The average Bonchev–Trinajstić information content (AvgIpc) is 3.44. The Morgan fingerprint density at radius 2 is 1.33 bits per heavy atom. The first-order valence-corrected chi connectivity index (χ1v) is 21.3. The number of hydrogen-bond acceptors (Lipinski definition) is 5. The van der Waals surface area contributed by atoms with Gasteiger partial charge in [-0.3, -0.25) is 9.48 Å². The molecule has 1 aromatic heterocycles. The molecular weight excluding hydrogens is 639 g/mol. The lowest BCUT2D eigenvalue weighted by molar-refractivity contribution is -0.117. The van der Waals surface area contributed by atoms with Crippen molar-refractivity contribution in [1.82, 2.24) is 25.7 Å². The van der Waals surface area contributed by atoms with Crippen molar-refractivity contribution in [2.75, 3.05) is 6.54 Å². The molecule has 0 amide bonds. The Morgan fingerprint density at radius 1 is 0.788 bits per heavy atom. The number of rotatable bonds is 23. The minimum absolute atomic E-state index is 0.210. The van der Waals surface area contributed by atoms with Crippen LogP contribution in [0.25, 0.3) is 0 Å². The van der Waals surface area contributed by atoms with E-state index in [4.69, 9.17) is 0 Å². The number of hydrogen-bond donors (Lipinski definition) is 3. The molecule has 1 rings (SSSR count). The Hall–Kier alpha value is -2.50. The second-order valence-corrected chi connectivity index (χ2v) is 14.9. The van der Waals surface area contributed by atoms with Crippen molar-refractivity contribution in [2.24, 2.45) is 29.6 Å². The SMILES string of the molecule is C=C(NC(C)C(C)CC(C)C(=C)N[C@H](C(=C)NCCCC)C(C)C)C(C)CCC.CC.CC.CC(=O)CCn1nc(C)cc1C.CCCC(C)CC. The number of allylic oxidation sites excluding steroid dienone is 2. The van der Waals surface area contributed by atoms with Gasteiger partial charge in [0.15, 0.2) is 0 Å². The Balaban J connectivity index is -0.000000406. The number of carbonyl (C=O) groups is 1. The van der Waals surface area contributed by atoms with Gasteiger partial charge in [-0.2, -0.15) is 5.10 Å². The normalized spacial score (nSPS) is 13.7. The lowest BCUT2D eigenvalue weighted by Crippen LogP contribution is -2.41. The van der Waals surface area contributed by atoms with E-state index >= 15 is 0 Å². The van der Waals surface area contributed by atoms with Gasteiger partial charge in [-0.1, -0.05) is 149 Å². The Morgan fingerprint density at radius 3 is 1.73 bits per heavy atom. The highest BCUT2D eigenvalue weighted by Gasteiger charge is 2.22. The van der Waals surface area contributed by atoms with E-state index < -0.39 is 0 Å². The standard InChI is InChI=1S/C26H51N3.C9H14N2O.C7H16.2C2H6/c1-12-14-16-27-25(11)26(18(3)4)29-24(10)21(7)17-20(6)23(9)28-22(8)19(5)15-13-2;1-7-6-8(2)11(10-7)5-4-9(3)12;1-4-6-7(3)5-2;2*1-2/h18-21,23,26-29H,8,10-17H2,1-7,9H3;6H,4-5H2,1-3H3;7H,4-6H2,1-3H3;2*1-2H3/t19?,20?,21?,23?,26-;;;;/m0..../s1. The first kappa shape index (κ1) is 56.2. The van der Waals surface area contributed by atoms with Gasteiger partial charge in [0.1, 0.15) is 5.78 Å². The fourth-order valence-electron chi connectivity index (χ4n) is 5.48. The molecule has 6 heteroatoms. The number of aryl methyl sites for hydroxylation is 3. The maximum absolute atomic E-state index is 10.7. The smallest absolute Gasteiger partial charge is 0.131 e. The van der Waals surface area contributed by atoms with Crippen molar-refractivity contribution in [1.29, 1.82) is 0 Å². The van der Waals surface area contributed by atoms with Gasteiger partial charge >= 0.3 is 0 Å². The van der Waals surface area contributed by atoms with Crippen LogP contribution in [0.15, 0.2) is 42.9 Å². The van der Waals surface area contributed by atoms with Gasteiger partial charge in [0.25, 0.3) is 0 Å². The van der Waals surface area contributed by atoms with Gasteiger partial charge in [-0.25, -0.2) is 0 Å². The summed E-state index contributed by atoms with van der Waals surface area (Å²) in [5.74, 6) is 3.09. The molecule has 1 heterocycles. The van der Waals surface area contributed by atoms with Crippen molar-refractivity contribution in [3.63, 3.8) is 0 Å². The summed E-state index contributed by atoms with van der Waals surface area (Å²) in [4.78, 5) is 10.7. The maximum atomic E-state index is 10.7. The average molecular weight is 732 g/mol. The minimum Gasteiger partial charge on any atom is -0.387 e. The molecule has 52 heavy (non-hydrogen) atoms. The van der Waals surface area contributed by atoms with Crippen LogP contribution in [-0.2, 0) is 11.3 Å². The summed E-state index contributed by atoms with van der Waals surface area (Å²) < 4.78 is 1.87. The molecule has 0 saturated carbocycles. The Labute approximate surface area is 326 Å². The van der Waals surface area contributed by atoms with Crippen molar-refractivity contribution in [3.05, 3.63) is 54.3 Å². The Bertz CT molecular complexity index is 1030. The van der Waals surface area contributed by atoms with Crippen LogP contribution in [0.1, 0.15) is 180 Å². The zero-order valence-electron chi connectivity index (χ0n) is 38.3. The van der Waals surface area contributed by atoms with E-state index in [-0.39, 0.29) is 11.8 Å². The monoisotopic (exact) mass is 732 g/mol. The fraction of sp³-hybridized carbons (Fsp3) is 0.783. The highest BCUT2D eigenvalue weighted by atomic mass is 16.1. The summed E-state index contributed by atoms with van der Waals surface area (Å²) in [5, 5.41) is 15.1. The molecule has 0 aliphatic heterocycles. The molecule has 3 N–H and O–H groups in total. The molecule has 308 valence electrons. The molecule has 5 unspecified atom stereocenters. The predicted octanol–water partition coefficient (Wildman–Crippen LogP) is 13.0. The van der Waals surface area contributed by atoms with Gasteiger partial charge in [0.2, 0.25) is 0 Å². The van der Waals surface area contributed by atoms with E-state index in [1.165, 1.54) is 50.6 Å². The van der Waals surface area contributed by atoms with Gasteiger partial charge in [-0.15, -0.1) is 0 Å². The zero-order valence-corrected chi connectivity index (χ0v) is 38.3. The van der Waals surface area contributed by atoms with Crippen LogP contribution >= 0.6 is 0 Å². The van der Waals surface area contributed by atoms with Gasteiger partial charge in [0.05, 0.1) is 11.7 Å². The third-order valence-electron chi connectivity index (χ3n) is 9.43. The van der Waals surface area contributed by atoms with E-state index in [1.54, 1.807) is 6.92 Å². The third-order valence-corrected chi connectivity index (χ3v) is 9.43. The summed E-state index contributed by atoms with van der Waals surface area (Å²) in [7, 11) is 0. The van der Waals surface area contributed by atoms with E-state index in [1.807, 2.05) is 52.3 Å². The number of nitrogens with zero attached hydrogens (tertiary/aromatic N) is 2. The van der Waals surface area contributed by atoms with Crippen molar-refractivity contribution in [3.8, 4) is 0 Å². The molecule has 0 aliphatic carbocycles. The molecule has 0 saturated heterocycles. The fourth-order valence-corrected chi connectivity index (χ4v) is 5.48. The van der Waals surface area contributed by atoms with Crippen molar-refractivity contribution in [2.45, 2.75) is 201 Å². The zero-order chi connectivity index (χ0) is 41.4. The molecule has 6 atom stereocenters. The van der Waals surface area contributed by atoms with Crippen LogP contribution in [0.4, 0.5) is 0 Å². The first-order valence-electron chi connectivity index (χ1n) is 21.3. The second kappa shape index (κ2) is 35.5. The highest BCUT2D eigenvalue weighted by molar-refractivity contribution is 5.75. The minimum atomic E-state index is 0.210. The maximum Gasteiger partial charge on any atom is 0.131 e. The van der Waals surface area contributed by atoms with Crippen LogP contribution in [0, 0.1) is 43.4 Å². The number of nitrogens with one attached hydrogen (secondary N) is 3. The first-order chi connectivity index (χ1) is 24.4. The summed E-state index contributed by atoms with van der Waals surface area (Å²) in [6, 6.07) is 2.63. The van der Waals surface area contributed by atoms with E-state index in [0.717, 1.165) is 41.7 Å². The summed E-state index contributed by atoms with van der Waals surface area (Å²) in [6.07, 6.45) is 10.5. The molecule has 0 spiro atoms. The Kier molecular flexibility index (Phi) is 38.4. The van der Waals surface area contributed by atoms with Gasteiger partial charge in [0, 0.05) is 48.3 Å². The molecule has 1 aromatic rings. The second-order valence-electron chi connectivity index (χ2n) is 14.9. The van der Waals surface area contributed by atoms with Crippen LogP contribution in [-0.4, -0.2) is 34.2 Å². The van der Waals surface area contributed by atoms with Crippen LogP contribution in [0.5, 0.6) is 0 Å². The highest BCUT2D eigenvalue weighted by Crippen LogP contribution is 2.23. The van der Waals surface area contributed by atoms with E-state index in [2.05, 4.69) is 117 Å².